The standard InChI is InChI=1S/C10H9NO/c12-10-7-11-6-9(10)8-4-2-1-3-5-8/h1-6,9H,7H2. The minimum Gasteiger partial charge on any atom is -0.297 e. The van der Waals surface area contributed by atoms with E-state index in [2.05, 4.69) is 4.99 Å². The quantitative estimate of drug-likeness (QED) is 0.609. The zero-order chi connectivity index (χ0) is 8.39. The van der Waals surface area contributed by atoms with Crippen LogP contribution in [0.1, 0.15) is 11.5 Å². The third kappa shape index (κ3) is 1.16. The Labute approximate surface area is 70.9 Å². The Morgan fingerprint density at radius 2 is 2.00 bits per heavy atom. The van der Waals surface area contributed by atoms with E-state index in [9.17, 15) is 4.79 Å². The highest BCUT2D eigenvalue weighted by atomic mass is 16.1. The van der Waals surface area contributed by atoms with Gasteiger partial charge in [-0.25, -0.2) is 0 Å². The number of ketones is 1. The molecule has 1 unspecified atom stereocenters. The van der Waals surface area contributed by atoms with Gasteiger partial charge in [0.2, 0.25) is 0 Å². The molecule has 2 heteroatoms. The van der Waals surface area contributed by atoms with E-state index >= 15 is 0 Å². The minimum atomic E-state index is -0.0915. The van der Waals surface area contributed by atoms with Crippen LogP contribution in [0.25, 0.3) is 0 Å². The van der Waals surface area contributed by atoms with Crippen LogP contribution in [0.3, 0.4) is 0 Å². The van der Waals surface area contributed by atoms with E-state index in [1.54, 1.807) is 6.21 Å². The average Bonchev–Trinajstić information content (AvgIpc) is 2.53. The second-order valence-corrected chi connectivity index (χ2v) is 2.84. The zero-order valence-corrected chi connectivity index (χ0v) is 6.60. The summed E-state index contributed by atoms with van der Waals surface area (Å²) < 4.78 is 0. The van der Waals surface area contributed by atoms with Crippen molar-refractivity contribution >= 4 is 12.0 Å². The van der Waals surface area contributed by atoms with Crippen LogP contribution < -0.4 is 0 Å². The smallest absolute Gasteiger partial charge is 0.166 e. The molecule has 0 fully saturated rings. The molecule has 1 aromatic rings. The van der Waals surface area contributed by atoms with Crippen molar-refractivity contribution in [3.63, 3.8) is 0 Å². The lowest BCUT2D eigenvalue weighted by atomic mass is 9.98. The van der Waals surface area contributed by atoms with Crippen molar-refractivity contribution in [3.8, 4) is 0 Å². The lowest BCUT2D eigenvalue weighted by Gasteiger charge is -2.03. The Morgan fingerprint density at radius 1 is 1.25 bits per heavy atom. The molecule has 0 N–H and O–H groups in total. The molecule has 0 bridgehead atoms. The molecule has 1 heterocycles. The van der Waals surface area contributed by atoms with Crippen LogP contribution in [0.4, 0.5) is 0 Å². The summed E-state index contributed by atoms with van der Waals surface area (Å²) in [4.78, 5) is 15.2. The van der Waals surface area contributed by atoms with Gasteiger partial charge in [-0.05, 0) is 5.56 Å². The molecular formula is C10H9NO. The van der Waals surface area contributed by atoms with Crippen LogP contribution in [-0.2, 0) is 4.79 Å². The predicted octanol–water partition coefficient (Wildman–Crippen LogP) is 1.42. The fourth-order valence-electron chi connectivity index (χ4n) is 1.36. The molecule has 1 aromatic carbocycles. The van der Waals surface area contributed by atoms with Gasteiger partial charge in [-0.1, -0.05) is 30.3 Å². The summed E-state index contributed by atoms with van der Waals surface area (Å²) in [6, 6.07) is 9.74. The van der Waals surface area contributed by atoms with Crippen molar-refractivity contribution in [2.24, 2.45) is 4.99 Å². The van der Waals surface area contributed by atoms with E-state index in [0.29, 0.717) is 6.54 Å². The van der Waals surface area contributed by atoms with Crippen LogP contribution in [0.15, 0.2) is 35.3 Å². The summed E-state index contributed by atoms with van der Waals surface area (Å²) in [6.07, 6.45) is 1.73. The second kappa shape index (κ2) is 2.89. The lowest BCUT2D eigenvalue weighted by molar-refractivity contribution is -0.117. The zero-order valence-electron chi connectivity index (χ0n) is 6.60. The number of nitrogens with zero attached hydrogens (tertiary/aromatic N) is 1. The predicted molar refractivity (Wildman–Crippen MR) is 47.5 cm³/mol. The van der Waals surface area contributed by atoms with Gasteiger partial charge in [-0.2, -0.15) is 0 Å². The van der Waals surface area contributed by atoms with E-state index in [0.717, 1.165) is 5.56 Å². The highest BCUT2D eigenvalue weighted by molar-refractivity contribution is 6.05. The molecule has 2 nitrogen and oxygen atoms in total. The van der Waals surface area contributed by atoms with Gasteiger partial charge in [0, 0.05) is 6.21 Å². The van der Waals surface area contributed by atoms with Gasteiger partial charge in [-0.3, -0.25) is 9.79 Å². The Hall–Kier alpha value is -1.44. The molecule has 12 heavy (non-hydrogen) atoms. The van der Waals surface area contributed by atoms with Gasteiger partial charge in [0.15, 0.2) is 5.78 Å². The maximum Gasteiger partial charge on any atom is 0.166 e. The minimum absolute atomic E-state index is 0.0915. The highest BCUT2D eigenvalue weighted by Crippen LogP contribution is 2.17. The first kappa shape index (κ1) is 7.22. The maximum atomic E-state index is 11.2. The van der Waals surface area contributed by atoms with Crippen molar-refractivity contribution in [3.05, 3.63) is 35.9 Å². The van der Waals surface area contributed by atoms with Crippen LogP contribution in [-0.4, -0.2) is 18.5 Å². The Bertz CT molecular complexity index is 316. The highest BCUT2D eigenvalue weighted by Gasteiger charge is 2.21. The van der Waals surface area contributed by atoms with Crippen LogP contribution in [0.5, 0.6) is 0 Å². The number of rotatable bonds is 1. The number of aliphatic imine (C=N–C) groups is 1. The third-order valence-corrected chi connectivity index (χ3v) is 2.01. The van der Waals surface area contributed by atoms with E-state index in [1.807, 2.05) is 30.3 Å². The molecule has 0 amide bonds. The van der Waals surface area contributed by atoms with Crippen molar-refractivity contribution in [1.29, 1.82) is 0 Å². The molecule has 2 rings (SSSR count). The van der Waals surface area contributed by atoms with Crippen molar-refractivity contribution in [2.45, 2.75) is 5.92 Å². The Kier molecular flexibility index (Phi) is 1.74. The average molecular weight is 159 g/mol. The molecule has 0 saturated heterocycles. The molecule has 0 aliphatic carbocycles. The fraction of sp³-hybridized carbons (Fsp3) is 0.200. The molecule has 60 valence electrons. The summed E-state index contributed by atoms with van der Waals surface area (Å²) >= 11 is 0. The number of hydrogen-bond donors (Lipinski definition) is 0. The number of Topliss-reactive ketones (excluding diaryl/α,β-unsaturated/α-hetero) is 1. The van der Waals surface area contributed by atoms with Crippen LogP contribution in [0.2, 0.25) is 0 Å². The van der Waals surface area contributed by atoms with E-state index in [1.165, 1.54) is 0 Å². The SMILES string of the molecule is O=C1CN=CC1c1ccccc1. The molecule has 0 saturated carbocycles. The largest absolute Gasteiger partial charge is 0.297 e. The van der Waals surface area contributed by atoms with Gasteiger partial charge in [0.25, 0.3) is 0 Å². The molecule has 0 spiro atoms. The maximum absolute atomic E-state index is 11.2. The van der Waals surface area contributed by atoms with Crippen LogP contribution in [0, 0.1) is 0 Å². The summed E-state index contributed by atoms with van der Waals surface area (Å²) in [5.74, 6) is 0.104. The lowest BCUT2D eigenvalue weighted by Crippen LogP contribution is -2.09. The molecule has 1 aliphatic heterocycles. The second-order valence-electron chi connectivity index (χ2n) is 2.84. The van der Waals surface area contributed by atoms with E-state index in [4.69, 9.17) is 0 Å². The van der Waals surface area contributed by atoms with Gasteiger partial charge in [-0.15, -0.1) is 0 Å². The number of carbonyl (C=O) groups excluding carboxylic acids is 1. The summed E-state index contributed by atoms with van der Waals surface area (Å²) in [7, 11) is 0. The molecule has 0 radical (unpaired) electrons. The summed E-state index contributed by atoms with van der Waals surface area (Å²) in [6.45, 7) is 0.347. The molecular weight excluding hydrogens is 150 g/mol. The van der Waals surface area contributed by atoms with E-state index < -0.39 is 0 Å². The normalized spacial score (nSPS) is 21.7. The Balaban J connectivity index is 2.31. The monoisotopic (exact) mass is 159 g/mol. The van der Waals surface area contributed by atoms with Crippen molar-refractivity contribution < 1.29 is 4.79 Å². The van der Waals surface area contributed by atoms with Gasteiger partial charge in [0.1, 0.15) is 0 Å². The van der Waals surface area contributed by atoms with Crippen molar-refractivity contribution in [2.75, 3.05) is 6.54 Å². The van der Waals surface area contributed by atoms with Gasteiger partial charge < -0.3 is 0 Å². The van der Waals surface area contributed by atoms with Gasteiger partial charge in [0.05, 0.1) is 12.5 Å². The summed E-state index contributed by atoms with van der Waals surface area (Å²) in [5.41, 5.74) is 1.05. The topological polar surface area (TPSA) is 29.4 Å². The molecule has 1 atom stereocenters. The molecule has 1 aliphatic rings. The van der Waals surface area contributed by atoms with Crippen molar-refractivity contribution in [1.82, 2.24) is 0 Å². The fourth-order valence-corrected chi connectivity index (χ4v) is 1.36. The molecule has 0 aromatic heterocycles. The number of benzene rings is 1. The van der Waals surface area contributed by atoms with Crippen LogP contribution >= 0.6 is 0 Å². The van der Waals surface area contributed by atoms with E-state index in [-0.39, 0.29) is 11.7 Å². The Morgan fingerprint density at radius 3 is 2.58 bits per heavy atom. The first-order valence-electron chi connectivity index (χ1n) is 3.95. The number of hydrogen-bond acceptors (Lipinski definition) is 2. The first-order chi connectivity index (χ1) is 5.88. The third-order valence-electron chi connectivity index (χ3n) is 2.01. The van der Waals surface area contributed by atoms with Gasteiger partial charge >= 0.3 is 0 Å². The number of carbonyl (C=O) groups is 1. The summed E-state index contributed by atoms with van der Waals surface area (Å²) in [5, 5.41) is 0. The first-order valence-corrected chi connectivity index (χ1v) is 3.95.